The first-order valence-electron chi connectivity index (χ1n) is 5.86. The third-order valence-corrected chi connectivity index (χ3v) is 2.50. The summed E-state index contributed by atoms with van der Waals surface area (Å²) in [6.07, 6.45) is 4.54. The van der Waals surface area contributed by atoms with E-state index in [-0.39, 0.29) is 11.9 Å². The summed E-state index contributed by atoms with van der Waals surface area (Å²) in [6.45, 7) is 4.84. The molecule has 0 bridgehead atoms. The van der Waals surface area contributed by atoms with Crippen LogP contribution in [0.5, 0.6) is 0 Å². The van der Waals surface area contributed by atoms with Gasteiger partial charge in [0.05, 0.1) is 6.61 Å². The van der Waals surface area contributed by atoms with E-state index in [4.69, 9.17) is 4.74 Å². The minimum Gasteiger partial charge on any atom is -0.463 e. The zero-order chi connectivity index (χ0) is 12.0. The number of likely N-dealkylation sites (tertiary alicyclic amines) is 1. The summed E-state index contributed by atoms with van der Waals surface area (Å²) >= 11 is 0. The number of esters is 1. The van der Waals surface area contributed by atoms with Crippen molar-refractivity contribution in [3.63, 3.8) is 0 Å². The van der Waals surface area contributed by atoms with Crippen LogP contribution in [0.1, 0.15) is 39.5 Å². The Morgan fingerprint density at radius 3 is 2.81 bits per heavy atom. The number of allylic oxidation sites excluding steroid dienone is 1. The fourth-order valence-corrected chi connectivity index (χ4v) is 1.80. The lowest BCUT2D eigenvalue weighted by atomic mass is 10.2. The highest BCUT2D eigenvalue weighted by molar-refractivity contribution is 5.85. The van der Waals surface area contributed by atoms with Crippen LogP contribution in [0, 0.1) is 0 Å². The quantitative estimate of drug-likeness (QED) is 0.542. The highest BCUT2D eigenvalue weighted by Gasteiger charge is 2.23. The Labute approximate surface area is 96.3 Å². The summed E-state index contributed by atoms with van der Waals surface area (Å²) in [4.78, 5) is 24.7. The summed E-state index contributed by atoms with van der Waals surface area (Å²) in [7, 11) is 0. The van der Waals surface area contributed by atoms with Crippen molar-refractivity contribution >= 4 is 11.9 Å². The van der Waals surface area contributed by atoms with Crippen LogP contribution in [0.2, 0.25) is 0 Å². The smallest absolute Gasteiger partial charge is 0.332 e. The van der Waals surface area contributed by atoms with E-state index in [0.717, 1.165) is 31.5 Å². The van der Waals surface area contributed by atoms with Crippen LogP contribution in [0.25, 0.3) is 0 Å². The number of hydrogen-bond donors (Lipinski definition) is 0. The predicted octanol–water partition coefficient (Wildman–Crippen LogP) is 1.86. The van der Waals surface area contributed by atoms with Crippen LogP contribution in [-0.2, 0) is 14.3 Å². The Balaban J connectivity index is 2.64. The van der Waals surface area contributed by atoms with Gasteiger partial charge in [-0.2, -0.15) is 0 Å². The molecule has 0 aliphatic carbocycles. The zero-order valence-corrected chi connectivity index (χ0v) is 9.99. The zero-order valence-electron chi connectivity index (χ0n) is 9.99. The molecular weight excluding hydrogens is 206 g/mol. The molecule has 0 saturated carbocycles. The summed E-state index contributed by atoms with van der Waals surface area (Å²) < 4.78 is 4.84. The van der Waals surface area contributed by atoms with E-state index in [9.17, 15) is 9.59 Å². The molecule has 0 aromatic carbocycles. The Morgan fingerprint density at radius 1 is 1.44 bits per heavy atom. The second kappa shape index (κ2) is 6.30. The molecule has 0 aromatic heterocycles. The molecule has 1 amide bonds. The van der Waals surface area contributed by atoms with Crippen molar-refractivity contribution < 1.29 is 14.3 Å². The molecule has 1 fully saturated rings. The molecule has 1 rings (SSSR count). The van der Waals surface area contributed by atoms with Crippen molar-refractivity contribution in [1.82, 2.24) is 4.90 Å². The molecule has 0 spiro atoms. The van der Waals surface area contributed by atoms with Crippen LogP contribution < -0.4 is 0 Å². The van der Waals surface area contributed by atoms with Gasteiger partial charge in [-0.05, 0) is 26.2 Å². The Morgan fingerprint density at radius 2 is 2.19 bits per heavy atom. The average molecular weight is 225 g/mol. The second-order valence-corrected chi connectivity index (χ2v) is 3.79. The SMILES string of the molecule is CCCC(=O)N1CCC/C1=C\C(=O)OCC. The van der Waals surface area contributed by atoms with Crippen molar-refractivity contribution in [2.45, 2.75) is 39.5 Å². The Hall–Kier alpha value is -1.32. The molecule has 4 heteroatoms. The maximum Gasteiger partial charge on any atom is 0.332 e. The summed E-state index contributed by atoms with van der Waals surface area (Å²) in [5, 5.41) is 0. The molecule has 1 aliphatic heterocycles. The molecular formula is C12H19NO3. The lowest BCUT2D eigenvalue weighted by molar-refractivity contribution is -0.137. The normalized spacial score (nSPS) is 17.9. The van der Waals surface area contributed by atoms with Crippen molar-refractivity contribution in [1.29, 1.82) is 0 Å². The van der Waals surface area contributed by atoms with Crippen LogP contribution in [0.3, 0.4) is 0 Å². The third-order valence-electron chi connectivity index (χ3n) is 2.50. The molecule has 0 unspecified atom stereocenters. The van der Waals surface area contributed by atoms with E-state index in [1.165, 1.54) is 6.08 Å². The first-order chi connectivity index (χ1) is 7.69. The highest BCUT2D eigenvalue weighted by atomic mass is 16.5. The number of rotatable bonds is 4. The van der Waals surface area contributed by atoms with E-state index in [1.807, 2.05) is 6.92 Å². The summed E-state index contributed by atoms with van der Waals surface area (Å²) in [5.41, 5.74) is 0.803. The molecule has 4 nitrogen and oxygen atoms in total. The van der Waals surface area contributed by atoms with Crippen LogP contribution in [-0.4, -0.2) is 29.9 Å². The summed E-state index contributed by atoms with van der Waals surface area (Å²) in [5.74, 6) is -0.246. The molecule has 1 saturated heterocycles. The van der Waals surface area contributed by atoms with Crippen LogP contribution >= 0.6 is 0 Å². The van der Waals surface area contributed by atoms with Gasteiger partial charge in [0, 0.05) is 24.7 Å². The largest absolute Gasteiger partial charge is 0.463 e. The topological polar surface area (TPSA) is 46.6 Å². The highest BCUT2D eigenvalue weighted by Crippen LogP contribution is 2.22. The van der Waals surface area contributed by atoms with Gasteiger partial charge < -0.3 is 9.64 Å². The van der Waals surface area contributed by atoms with Crippen molar-refractivity contribution in [3.05, 3.63) is 11.8 Å². The molecule has 16 heavy (non-hydrogen) atoms. The fraction of sp³-hybridized carbons (Fsp3) is 0.667. The molecule has 1 heterocycles. The van der Waals surface area contributed by atoms with Gasteiger partial charge in [-0.15, -0.1) is 0 Å². The maximum atomic E-state index is 11.7. The molecule has 0 radical (unpaired) electrons. The Kier molecular flexibility index (Phi) is 5.02. The fourth-order valence-electron chi connectivity index (χ4n) is 1.80. The molecule has 0 atom stereocenters. The minimum atomic E-state index is -0.353. The van der Waals surface area contributed by atoms with E-state index in [2.05, 4.69) is 0 Å². The molecule has 0 N–H and O–H groups in total. The standard InChI is InChI=1S/C12H19NO3/c1-3-6-11(14)13-8-5-7-10(13)9-12(15)16-4-2/h9H,3-8H2,1-2H3/b10-9+. The van der Waals surface area contributed by atoms with Gasteiger partial charge in [-0.1, -0.05) is 6.92 Å². The molecule has 1 aliphatic rings. The maximum absolute atomic E-state index is 11.7. The minimum absolute atomic E-state index is 0.107. The van der Waals surface area contributed by atoms with E-state index in [1.54, 1.807) is 11.8 Å². The van der Waals surface area contributed by atoms with Gasteiger partial charge >= 0.3 is 5.97 Å². The van der Waals surface area contributed by atoms with Crippen molar-refractivity contribution in [3.8, 4) is 0 Å². The molecule has 90 valence electrons. The van der Waals surface area contributed by atoms with E-state index < -0.39 is 0 Å². The Bertz CT molecular complexity index is 297. The first kappa shape index (κ1) is 12.7. The number of nitrogens with zero attached hydrogens (tertiary/aromatic N) is 1. The monoisotopic (exact) mass is 225 g/mol. The van der Waals surface area contributed by atoms with Crippen LogP contribution in [0.15, 0.2) is 11.8 Å². The molecule has 0 aromatic rings. The average Bonchev–Trinajstić information content (AvgIpc) is 2.66. The van der Waals surface area contributed by atoms with E-state index >= 15 is 0 Å². The lowest BCUT2D eigenvalue weighted by Gasteiger charge is -2.17. The van der Waals surface area contributed by atoms with Crippen molar-refractivity contribution in [2.24, 2.45) is 0 Å². The number of hydrogen-bond acceptors (Lipinski definition) is 3. The number of amides is 1. The van der Waals surface area contributed by atoms with E-state index in [0.29, 0.717) is 13.0 Å². The van der Waals surface area contributed by atoms with Gasteiger partial charge in [0.15, 0.2) is 0 Å². The predicted molar refractivity (Wildman–Crippen MR) is 60.6 cm³/mol. The van der Waals surface area contributed by atoms with Gasteiger partial charge in [0.25, 0.3) is 0 Å². The number of carbonyl (C=O) groups is 2. The van der Waals surface area contributed by atoms with Gasteiger partial charge in [0.2, 0.25) is 5.91 Å². The number of ether oxygens (including phenoxy) is 1. The lowest BCUT2D eigenvalue weighted by Crippen LogP contribution is -2.26. The van der Waals surface area contributed by atoms with Crippen LogP contribution in [0.4, 0.5) is 0 Å². The van der Waals surface area contributed by atoms with Crippen molar-refractivity contribution in [2.75, 3.05) is 13.2 Å². The second-order valence-electron chi connectivity index (χ2n) is 3.79. The number of carbonyl (C=O) groups excluding carboxylic acids is 2. The third kappa shape index (κ3) is 3.36. The first-order valence-corrected chi connectivity index (χ1v) is 5.86. The van der Waals surface area contributed by atoms with Gasteiger partial charge in [-0.3, -0.25) is 4.79 Å². The van der Waals surface area contributed by atoms with Gasteiger partial charge in [0.1, 0.15) is 0 Å². The van der Waals surface area contributed by atoms with Gasteiger partial charge in [-0.25, -0.2) is 4.79 Å². The summed E-state index contributed by atoms with van der Waals surface area (Å²) in [6, 6.07) is 0.